The molecule has 43 heavy (non-hydrogen) atoms. The Morgan fingerprint density at radius 2 is 1.81 bits per heavy atom. The van der Waals surface area contributed by atoms with E-state index < -0.39 is 0 Å². The van der Waals surface area contributed by atoms with Crippen LogP contribution in [0.1, 0.15) is 59.5 Å². The predicted molar refractivity (Wildman–Crippen MR) is 170 cm³/mol. The van der Waals surface area contributed by atoms with Crippen LogP contribution in [0.5, 0.6) is 5.75 Å². The molecule has 0 saturated carbocycles. The zero-order valence-electron chi connectivity index (χ0n) is 25.4. The van der Waals surface area contributed by atoms with Crippen molar-refractivity contribution in [1.82, 2.24) is 15.1 Å². The minimum atomic E-state index is -0.376. The zero-order chi connectivity index (χ0) is 30.9. The monoisotopic (exact) mass is 600 g/mol. The summed E-state index contributed by atoms with van der Waals surface area (Å²) in [5, 5.41) is 7.83. The van der Waals surface area contributed by atoms with Gasteiger partial charge in [0.1, 0.15) is 23.9 Å². The Labute approximate surface area is 256 Å². The lowest BCUT2D eigenvalue weighted by molar-refractivity contribution is -0.123. The molecule has 1 aromatic heterocycles. The number of aryl methyl sites for hydroxylation is 2. The zero-order valence-corrected chi connectivity index (χ0v) is 26.2. The lowest BCUT2D eigenvalue weighted by atomic mass is 9.87. The van der Waals surface area contributed by atoms with E-state index in [1.54, 1.807) is 24.1 Å². The predicted octanol–water partition coefficient (Wildman–Crippen LogP) is 6.42. The Balaban J connectivity index is 1.68. The molecule has 7 nitrogen and oxygen atoms in total. The highest BCUT2D eigenvalue weighted by atomic mass is 32.2. The van der Waals surface area contributed by atoms with Crippen molar-refractivity contribution in [2.45, 2.75) is 51.8 Å². The summed E-state index contributed by atoms with van der Waals surface area (Å²) in [6, 6.07) is 19.9. The van der Waals surface area contributed by atoms with Crippen molar-refractivity contribution in [3.63, 3.8) is 0 Å². The number of nitrogens with one attached hydrogen (secondary N) is 1. The first kappa shape index (κ1) is 30.4. The van der Waals surface area contributed by atoms with Gasteiger partial charge < -0.3 is 10.1 Å². The number of ether oxygens (including phenoxy) is 1. The van der Waals surface area contributed by atoms with Crippen LogP contribution in [-0.4, -0.2) is 41.0 Å². The Kier molecular flexibility index (Phi) is 8.64. The number of benzene rings is 3. The van der Waals surface area contributed by atoms with Crippen molar-refractivity contribution in [1.29, 1.82) is 0 Å². The number of para-hydroxylation sites is 1. The lowest BCUT2D eigenvalue weighted by Gasteiger charge is -2.25. The molecule has 3 aromatic carbocycles. The lowest BCUT2D eigenvalue weighted by Crippen LogP contribution is -2.42. The Hall–Kier alpha value is -4.11. The van der Waals surface area contributed by atoms with Gasteiger partial charge in [0.05, 0.1) is 29.5 Å². The van der Waals surface area contributed by atoms with Crippen molar-refractivity contribution in [3.8, 4) is 11.4 Å². The van der Waals surface area contributed by atoms with E-state index in [-0.39, 0.29) is 47.1 Å². The molecule has 224 valence electrons. The van der Waals surface area contributed by atoms with E-state index in [1.807, 2.05) is 54.9 Å². The van der Waals surface area contributed by atoms with E-state index in [9.17, 15) is 14.0 Å². The van der Waals surface area contributed by atoms with Crippen LogP contribution in [0.4, 0.5) is 10.2 Å². The highest BCUT2D eigenvalue weighted by Crippen LogP contribution is 2.50. The number of carbonyl (C=O) groups is 2. The van der Waals surface area contributed by atoms with Gasteiger partial charge in [0.2, 0.25) is 11.8 Å². The summed E-state index contributed by atoms with van der Waals surface area (Å²) in [4.78, 5) is 28.9. The van der Waals surface area contributed by atoms with E-state index in [4.69, 9.17) is 9.84 Å². The standard InChI is InChI=1S/C34H37FN4O3S/c1-21-11-16-26(22(2)17-21)39-33-30(32(37-39)34(3,4)5)31(25-9-7-8-10-27(25)42-6)43-20-29(41)38(33)19-28(40)36-18-23-12-14-24(35)15-13-23/h7-17,31H,18-20H2,1-6H3,(H,36,40). The maximum Gasteiger partial charge on any atom is 0.240 e. The quantitative estimate of drug-likeness (QED) is 0.265. The van der Waals surface area contributed by atoms with Crippen LogP contribution in [0.2, 0.25) is 0 Å². The number of thioether (sulfide) groups is 1. The first-order chi connectivity index (χ1) is 20.5. The molecule has 2 heterocycles. The number of aromatic nitrogens is 2. The summed E-state index contributed by atoms with van der Waals surface area (Å²) in [5.41, 5.74) is 6.02. The summed E-state index contributed by atoms with van der Waals surface area (Å²) < 4.78 is 21.0. The Bertz CT molecular complexity index is 1660. The van der Waals surface area contributed by atoms with Crippen LogP contribution >= 0.6 is 11.8 Å². The van der Waals surface area contributed by atoms with Crippen molar-refractivity contribution < 1.29 is 18.7 Å². The van der Waals surface area contributed by atoms with Crippen molar-refractivity contribution in [3.05, 3.63) is 106 Å². The normalized spacial score (nSPS) is 15.2. The fourth-order valence-electron chi connectivity index (χ4n) is 5.42. The van der Waals surface area contributed by atoms with Crippen LogP contribution in [0.25, 0.3) is 5.69 Å². The van der Waals surface area contributed by atoms with Gasteiger partial charge in [0, 0.05) is 23.1 Å². The van der Waals surface area contributed by atoms with Gasteiger partial charge in [-0.2, -0.15) is 5.10 Å². The molecular weight excluding hydrogens is 563 g/mol. The molecule has 0 bridgehead atoms. The van der Waals surface area contributed by atoms with Gasteiger partial charge in [-0.25, -0.2) is 9.07 Å². The fourth-order valence-corrected chi connectivity index (χ4v) is 6.64. The number of hydrogen-bond donors (Lipinski definition) is 1. The molecule has 1 N–H and O–H groups in total. The molecule has 1 unspecified atom stereocenters. The largest absolute Gasteiger partial charge is 0.496 e. The van der Waals surface area contributed by atoms with Crippen LogP contribution in [0.3, 0.4) is 0 Å². The van der Waals surface area contributed by atoms with Gasteiger partial charge >= 0.3 is 0 Å². The number of fused-ring (bicyclic) bond motifs is 1. The highest BCUT2D eigenvalue weighted by Gasteiger charge is 2.40. The molecule has 0 radical (unpaired) electrons. The van der Waals surface area contributed by atoms with E-state index in [0.29, 0.717) is 5.82 Å². The second-order valence-corrected chi connectivity index (χ2v) is 12.9. The summed E-state index contributed by atoms with van der Waals surface area (Å²) in [6.45, 7) is 10.4. The molecule has 0 spiro atoms. The van der Waals surface area contributed by atoms with Crippen LogP contribution in [0.15, 0.2) is 66.7 Å². The van der Waals surface area contributed by atoms with Gasteiger partial charge in [-0.05, 0) is 49.2 Å². The molecule has 4 aromatic rings. The highest BCUT2D eigenvalue weighted by molar-refractivity contribution is 8.00. The number of amides is 2. The summed E-state index contributed by atoms with van der Waals surface area (Å²) in [7, 11) is 1.65. The number of anilines is 1. The molecule has 1 aliphatic rings. The van der Waals surface area contributed by atoms with Crippen LogP contribution < -0.4 is 15.0 Å². The molecular formula is C34H37FN4O3S. The van der Waals surface area contributed by atoms with Gasteiger partial charge in [-0.15, -0.1) is 11.8 Å². The summed E-state index contributed by atoms with van der Waals surface area (Å²) in [6.07, 6.45) is 0. The molecule has 2 amide bonds. The average Bonchev–Trinajstić information content (AvgIpc) is 3.30. The van der Waals surface area contributed by atoms with Gasteiger partial charge in [0.25, 0.3) is 0 Å². The molecule has 5 rings (SSSR count). The molecule has 0 fully saturated rings. The third kappa shape index (κ3) is 6.32. The Morgan fingerprint density at radius 1 is 1.09 bits per heavy atom. The SMILES string of the molecule is COc1ccccc1C1SCC(=O)N(CC(=O)NCc2ccc(F)cc2)c2c1c(C(C)(C)C)nn2-c1ccc(C)cc1C. The molecule has 1 atom stereocenters. The topological polar surface area (TPSA) is 76.5 Å². The average molecular weight is 601 g/mol. The third-order valence-electron chi connectivity index (χ3n) is 7.51. The smallest absolute Gasteiger partial charge is 0.240 e. The van der Waals surface area contributed by atoms with Crippen molar-refractivity contribution >= 4 is 29.4 Å². The maximum atomic E-state index is 13.9. The molecule has 0 aliphatic carbocycles. The maximum absolute atomic E-state index is 13.9. The first-order valence-corrected chi connectivity index (χ1v) is 15.3. The van der Waals surface area contributed by atoms with E-state index in [2.05, 4.69) is 32.2 Å². The van der Waals surface area contributed by atoms with Gasteiger partial charge in [-0.3, -0.25) is 14.5 Å². The second kappa shape index (κ2) is 12.2. The number of methoxy groups -OCH3 is 1. The first-order valence-electron chi connectivity index (χ1n) is 14.2. The number of hydrogen-bond acceptors (Lipinski definition) is 5. The summed E-state index contributed by atoms with van der Waals surface area (Å²) in [5.74, 6) is 0.623. The second-order valence-electron chi connectivity index (χ2n) is 11.9. The number of carbonyl (C=O) groups excluding carboxylic acids is 2. The van der Waals surface area contributed by atoms with Crippen molar-refractivity contribution in [2.24, 2.45) is 0 Å². The molecule has 0 saturated heterocycles. The van der Waals surface area contributed by atoms with E-state index in [1.165, 1.54) is 23.9 Å². The van der Waals surface area contributed by atoms with Crippen LogP contribution in [-0.2, 0) is 21.5 Å². The minimum absolute atomic E-state index is 0.166. The fraction of sp³-hybridized carbons (Fsp3) is 0.324. The number of halogens is 1. The van der Waals surface area contributed by atoms with Crippen LogP contribution in [0, 0.1) is 19.7 Å². The number of rotatable bonds is 7. The Morgan fingerprint density at radius 3 is 2.49 bits per heavy atom. The number of nitrogens with zero attached hydrogens (tertiary/aromatic N) is 3. The summed E-state index contributed by atoms with van der Waals surface area (Å²) >= 11 is 1.51. The van der Waals surface area contributed by atoms with E-state index in [0.717, 1.165) is 44.9 Å². The van der Waals surface area contributed by atoms with Gasteiger partial charge in [0.15, 0.2) is 0 Å². The third-order valence-corrected chi connectivity index (χ3v) is 8.74. The van der Waals surface area contributed by atoms with Crippen molar-refractivity contribution in [2.75, 3.05) is 24.3 Å². The van der Waals surface area contributed by atoms with E-state index >= 15 is 0 Å². The molecule has 9 heteroatoms. The minimum Gasteiger partial charge on any atom is -0.496 e. The van der Waals surface area contributed by atoms with Gasteiger partial charge in [-0.1, -0.05) is 68.8 Å². The molecule has 1 aliphatic heterocycles.